The summed E-state index contributed by atoms with van der Waals surface area (Å²) >= 11 is 12.4. The second-order valence-electron chi connectivity index (χ2n) is 10.2. The number of aliphatic carboxylic acids is 1. The summed E-state index contributed by atoms with van der Waals surface area (Å²) < 4.78 is 5.37. The molecule has 0 amide bonds. The van der Waals surface area contributed by atoms with Crippen LogP contribution in [0.15, 0.2) is 42.6 Å². The number of rotatable bonds is 9. The predicted molar refractivity (Wildman–Crippen MR) is 155 cm³/mol. The van der Waals surface area contributed by atoms with Crippen molar-refractivity contribution in [2.45, 2.75) is 45.1 Å². The number of halogens is 2. The van der Waals surface area contributed by atoms with Gasteiger partial charge in [-0.15, -0.1) is 0 Å². The van der Waals surface area contributed by atoms with Crippen molar-refractivity contribution in [3.63, 3.8) is 0 Å². The summed E-state index contributed by atoms with van der Waals surface area (Å²) in [6.45, 7) is 4.18. The predicted octanol–water partition coefficient (Wildman–Crippen LogP) is 6.53. The van der Waals surface area contributed by atoms with Crippen LogP contribution in [0.2, 0.25) is 10.0 Å². The van der Waals surface area contributed by atoms with Crippen molar-refractivity contribution in [2.24, 2.45) is 11.8 Å². The van der Waals surface area contributed by atoms with Crippen molar-refractivity contribution in [3.05, 3.63) is 69.3 Å². The number of hydrogen-bond donors (Lipinski definition) is 2. The van der Waals surface area contributed by atoms with Crippen molar-refractivity contribution in [3.8, 4) is 17.6 Å². The molecule has 0 aliphatic carbocycles. The monoisotopic (exact) mass is 568 g/mol. The van der Waals surface area contributed by atoms with E-state index in [1.807, 2.05) is 37.3 Å². The maximum atomic E-state index is 11.4. The highest BCUT2D eigenvalue weighted by Crippen LogP contribution is 2.35. The number of ether oxygens (including phenoxy) is 1. The molecular formula is C31H34Cl2N2O4. The Morgan fingerprint density at radius 3 is 2.77 bits per heavy atom. The number of aryl methyl sites for hydroxylation is 1. The van der Waals surface area contributed by atoms with E-state index in [2.05, 4.69) is 21.7 Å². The Kier molecular flexibility index (Phi) is 10.1. The molecule has 39 heavy (non-hydrogen) atoms. The molecule has 0 radical (unpaired) electrons. The van der Waals surface area contributed by atoms with E-state index >= 15 is 0 Å². The first-order valence-corrected chi connectivity index (χ1v) is 14.0. The molecule has 206 valence electrons. The lowest BCUT2D eigenvalue weighted by Gasteiger charge is -2.38. The van der Waals surface area contributed by atoms with E-state index in [4.69, 9.17) is 27.9 Å². The van der Waals surface area contributed by atoms with Crippen LogP contribution in [0.1, 0.15) is 54.9 Å². The Hall–Kier alpha value is -2.82. The van der Waals surface area contributed by atoms with Crippen molar-refractivity contribution < 1.29 is 19.7 Å². The van der Waals surface area contributed by atoms with Crippen LogP contribution in [-0.2, 0) is 4.79 Å². The first-order valence-electron chi connectivity index (χ1n) is 13.2. The van der Waals surface area contributed by atoms with E-state index < -0.39 is 12.1 Å². The maximum absolute atomic E-state index is 11.4. The highest BCUT2D eigenvalue weighted by molar-refractivity contribution is 6.35. The van der Waals surface area contributed by atoms with Crippen LogP contribution in [0, 0.1) is 30.6 Å². The Morgan fingerprint density at radius 1 is 1.21 bits per heavy atom. The number of carboxylic acids is 1. The number of piperidine rings is 1. The number of pyridine rings is 1. The second-order valence-corrected chi connectivity index (χ2v) is 11.1. The minimum Gasteiger partial charge on any atom is -0.497 e. The largest absolute Gasteiger partial charge is 0.497 e. The van der Waals surface area contributed by atoms with Gasteiger partial charge in [0.2, 0.25) is 0 Å². The minimum atomic E-state index is -0.782. The first kappa shape index (κ1) is 29.2. The standard InChI is InChI=1S/C31H34Cl2N2O4/c1-20-16-23(32)17-28(33)25(20)4-3-14-35-15-12-21(22(19-35)6-10-31(37)38)5-9-30(36)26-11-13-34-29-8-7-24(39-2)18-27(26)29/h7-8,11,13,16-18,21-22,30,36H,5-6,9-10,12,14-15,19H2,1-2H3,(H,37,38)/t21?,22?,30-/m0/s1. The van der Waals surface area contributed by atoms with E-state index in [1.165, 1.54) is 0 Å². The van der Waals surface area contributed by atoms with Crippen LogP contribution in [0.25, 0.3) is 10.9 Å². The highest BCUT2D eigenvalue weighted by Gasteiger charge is 2.30. The van der Waals surface area contributed by atoms with Crippen molar-refractivity contribution in [1.29, 1.82) is 0 Å². The van der Waals surface area contributed by atoms with Crippen LogP contribution in [0.5, 0.6) is 5.75 Å². The van der Waals surface area contributed by atoms with Gasteiger partial charge in [0.1, 0.15) is 5.75 Å². The van der Waals surface area contributed by atoms with Gasteiger partial charge in [-0.3, -0.25) is 14.7 Å². The van der Waals surface area contributed by atoms with Gasteiger partial charge in [0, 0.05) is 35.1 Å². The van der Waals surface area contributed by atoms with Crippen LogP contribution in [-0.4, -0.2) is 52.8 Å². The number of likely N-dealkylation sites (tertiary alicyclic amines) is 1. The third-order valence-corrected chi connectivity index (χ3v) is 8.14. The first-order chi connectivity index (χ1) is 18.7. The molecule has 3 aromatic rings. The molecule has 1 saturated heterocycles. The molecule has 8 heteroatoms. The van der Waals surface area contributed by atoms with E-state index in [9.17, 15) is 15.0 Å². The van der Waals surface area contributed by atoms with E-state index in [1.54, 1.807) is 19.4 Å². The fourth-order valence-corrected chi connectivity index (χ4v) is 6.15. The van der Waals surface area contributed by atoms with E-state index in [0.717, 1.165) is 59.3 Å². The Balaban J connectivity index is 1.41. The number of methoxy groups -OCH3 is 1. The van der Waals surface area contributed by atoms with Crippen LogP contribution in [0.4, 0.5) is 0 Å². The maximum Gasteiger partial charge on any atom is 0.303 e. The minimum absolute atomic E-state index is 0.137. The Bertz CT molecular complexity index is 1360. The lowest BCUT2D eigenvalue weighted by atomic mass is 9.79. The third kappa shape index (κ3) is 7.64. The van der Waals surface area contributed by atoms with E-state index in [0.29, 0.717) is 35.3 Å². The average molecular weight is 570 g/mol. The number of hydrogen-bond acceptors (Lipinski definition) is 5. The lowest BCUT2D eigenvalue weighted by molar-refractivity contribution is -0.137. The zero-order valence-corrected chi connectivity index (χ0v) is 23.8. The van der Waals surface area contributed by atoms with Gasteiger partial charge >= 0.3 is 5.97 Å². The van der Waals surface area contributed by atoms with Gasteiger partial charge in [0.05, 0.1) is 30.3 Å². The average Bonchev–Trinajstić information content (AvgIpc) is 2.91. The third-order valence-electron chi connectivity index (χ3n) is 7.63. The SMILES string of the molecule is COc1ccc2nccc([C@@H](O)CCC3CCN(CC#Cc4c(C)cc(Cl)cc4Cl)CC3CCC(=O)O)c2c1. The van der Waals surface area contributed by atoms with Crippen LogP contribution >= 0.6 is 23.2 Å². The van der Waals surface area contributed by atoms with Gasteiger partial charge in [-0.1, -0.05) is 35.0 Å². The Labute approximate surface area is 239 Å². The number of carbonyl (C=O) groups is 1. The fraction of sp³-hybridized carbons (Fsp3) is 0.419. The number of carboxylic acid groups (broad SMARTS) is 1. The molecule has 2 N–H and O–H groups in total. The summed E-state index contributed by atoms with van der Waals surface area (Å²) in [5.41, 5.74) is 3.38. The number of fused-ring (bicyclic) bond motifs is 1. The summed E-state index contributed by atoms with van der Waals surface area (Å²) in [6, 6.07) is 11.1. The number of benzene rings is 2. The molecule has 2 unspecified atom stereocenters. The summed E-state index contributed by atoms with van der Waals surface area (Å²) in [5, 5.41) is 22.5. The smallest absolute Gasteiger partial charge is 0.303 e. The highest BCUT2D eigenvalue weighted by atomic mass is 35.5. The molecule has 0 bridgehead atoms. The molecule has 0 saturated carbocycles. The number of aliphatic hydroxyl groups excluding tert-OH is 1. The quantitative estimate of drug-likeness (QED) is 0.285. The van der Waals surface area contributed by atoms with Gasteiger partial charge in [0.15, 0.2) is 0 Å². The van der Waals surface area contributed by atoms with Crippen molar-refractivity contribution in [2.75, 3.05) is 26.7 Å². The summed E-state index contributed by atoms with van der Waals surface area (Å²) in [5.74, 6) is 6.93. The number of aromatic nitrogens is 1. The fourth-order valence-electron chi connectivity index (χ4n) is 5.51. The summed E-state index contributed by atoms with van der Waals surface area (Å²) in [4.78, 5) is 18.1. The summed E-state index contributed by atoms with van der Waals surface area (Å²) in [7, 11) is 1.62. The van der Waals surface area contributed by atoms with Gasteiger partial charge in [-0.2, -0.15) is 0 Å². The Morgan fingerprint density at radius 2 is 2.03 bits per heavy atom. The normalized spacial score (nSPS) is 18.4. The number of nitrogens with zero attached hydrogens (tertiary/aromatic N) is 2. The van der Waals surface area contributed by atoms with Gasteiger partial charge in [0.25, 0.3) is 0 Å². The molecule has 2 aromatic carbocycles. The van der Waals surface area contributed by atoms with Gasteiger partial charge in [-0.05, 0) is 98.5 Å². The molecule has 3 atom stereocenters. The van der Waals surface area contributed by atoms with Gasteiger partial charge < -0.3 is 14.9 Å². The van der Waals surface area contributed by atoms with Gasteiger partial charge in [-0.25, -0.2) is 0 Å². The zero-order valence-electron chi connectivity index (χ0n) is 22.3. The molecule has 1 aliphatic rings. The molecule has 1 aromatic heterocycles. The molecule has 0 spiro atoms. The summed E-state index contributed by atoms with van der Waals surface area (Å²) in [6.07, 6.45) is 4.18. The number of aliphatic hydroxyl groups is 1. The molecule has 2 heterocycles. The van der Waals surface area contributed by atoms with Crippen molar-refractivity contribution in [1.82, 2.24) is 9.88 Å². The van der Waals surface area contributed by atoms with Crippen LogP contribution in [0.3, 0.4) is 0 Å². The molecule has 4 rings (SSSR count). The van der Waals surface area contributed by atoms with Crippen molar-refractivity contribution >= 4 is 40.1 Å². The molecule has 1 aliphatic heterocycles. The second kappa shape index (κ2) is 13.5. The molecular weight excluding hydrogens is 535 g/mol. The zero-order chi connectivity index (χ0) is 27.9. The molecule has 6 nitrogen and oxygen atoms in total. The lowest BCUT2D eigenvalue weighted by Crippen LogP contribution is -2.41. The van der Waals surface area contributed by atoms with E-state index in [-0.39, 0.29) is 12.3 Å². The molecule has 1 fully saturated rings. The van der Waals surface area contributed by atoms with Crippen LogP contribution < -0.4 is 4.74 Å². The topological polar surface area (TPSA) is 82.9 Å².